The van der Waals surface area contributed by atoms with Crippen LogP contribution in [0.3, 0.4) is 0 Å². The largest absolute Gasteiger partial charge is 0.394 e. The van der Waals surface area contributed by atoms with Crippen LogP contribution in [0.4, 0.5) is 0 Å². The van der Waals surface area contributed by atoms with E-state index in [2.05, 4.69) is 9.97 Å². The molecule has 0 spiro atoms. The predicted octanol–water partition coefficient (Wildman–Crippen LogP) is 0.0298. The number of nitrogens with two attached hydrogens (primary N) is 1. The van der Waals surface area contributed by atoms with Gasteiger partial charge in [-0.1, -0.05) is 0 Å². The molecule has 0 saturated heterocycles. The maximum Gasteiger partial charge on any atom is 0.160 e. The quantitative estimate of drug-likeness (QED) is 0.703. The summed E-state index contributed by atoms with van der Waals surface area (Å²) in [5.41, 5.74) is 7.95. The average molecular weight is 192 g/mol. The zero-order valence-corrected chi connectivity index (χ0v) is 7.88. The van der Waals surface area contributed by atoms with E-state index >= 15 is 0 Å². The fourth-order valence-corrected chi connectivity index (χ4v) is 1.41. The second kappa shape index (κ2) is 3.36. The Balaban J connectivity index is 2.64. The van der Waals surface area contributed by atoms with E-state index in [0.29, 0.717) is 11.3 Å². The highest BCUT2D eigenvalue weighted by atomic mass is 16.3. The van der Waals surface area contributed by atoms with E-state index < -0.39 is 6.04 Å². The Hall–Kier alpha value is -1.46. The monoisotopic (exact) mass is 192 g/mol. The van der Waals surface area contributed by atoms with Gasteiger partial charge in [0, 0.05) is 18.6 Å². The van der Waals surface area contributed by atoms with Crippen LogP contribution in [0.2, 0.25) is 0 Å². The number of aliphatic hydroxyl groups is 1. The highest BCUT2D eigenvalue weighted by Gasteiger charge is 2.12. The maximum absolute atomic E-state index is 8.95. The summed E-state index contributed by atoms with van der Waals surface area (Å²) in [5.74, 6) is 0. The van der Waals surface area contributed by atoms with Gasteiger partial charge in [-0.3, -0.25) is 4.98 Å². The maximum atomic E-state index is 8.95. The van der Waals surface area contributed by atoms with Crippen molar-refractivity contribution in [3.8, 4) is 0 Å². The molecule has 2 aromatic rings. The second-order valence-electron chi connectivity index (χ2n) is 3.21. The number of nitrogens with zero attached hydrogens (tertiary/aromatic N) is 3. The van der Waals surface area contributed by atoms with Gasteiger partial charge in [-0.25, -0.2) is 4.98 Å². The van der Waals surface area contributed by atoms with Crippen molar-refractivity contribution in [3.05, 3.63) is 30.0 Å². The van der Waals surface area contributed by atoms with Gasteiger partial charge in [-0.2, -0.15) is 0 Å². The molecule has 3 N–H and O–H groups in total. The van der Waals surface area contributed by atoms with Gasteiger partial charge in [0.05, 0.1) is 18.3 Å². The van der Waals surface area contributed by atoms with Crippen LogP contribution in [0.15, 0.2) is 18.6 Å². The molecular formula is C9H12N4O. The van der Waals surface area contributed by atoms with Crippen LogP contribution >= 0.6 is 0 Å². The van der Waals surface area contributed by atoms with Crippen LogP contribution in [0.1, 0.15) is 17.4 Å². The molecule has 2 heterocycles. The average Bonchev–Trinajstić information content (AvgIpc) is 2.56. The van der Waals surface area contributed by atoms with Crippen molar-refractivity contribution >= 4 is 5.65 Å². The third-order valence-electron chi connectivity index (χ3n) is 2.07. The van der Waals surface area contributed by atoms with E-state index in [4.69, 9.17) is 10.8 Å². The molecule has 0 saturated carbocycles. The van der Waals surface area contributed by atoms with Crippen molar-refractivity contribution in [2.24, 2.45) is 5.73 Å². The van der Waals surface area contributed by atoms with E-state index in [1.165, 1.54) is 0 Å². The van der Waals surface area contributed by atoms with E-state index in [0.717, 1.165) is 5.69 Å². The van der Waals surface area contributed by atoms with E-state index in [9.17, 15) is 0 Å². The number of aryl methyl sites for hydroxylation is 1. The van der Waals surface area contributed by atoms with E-state index in [-0.39, 0.29) is 6.61 Å². The number of aliphatic hydroxyl groups excluding tert-OH is 1. The first-order chi connectivity index (χ1) is 6.72. The Morgan fingerprint density at radius 1 is 1.64 bits per heavy atom. The minimum absolute atomic E-state index is 0.126. The Kier molecular flexibility index (Phi) is 2.18. The van der Waals surface area contributed by atoms with Crippen molar-refractivity contribution in [3.63, 3.8) is 0 Å². The molecule has 74 valence electrons. The lowest BCUT2D eigenvalue weighted by molar-refractivity contribution is 0.266. The lowest BCUT2D eigenvalue weighted by atomic mass is 10.2. The fourth-order valence-electron chi connectivity index (χ4n) is 1.41. The summed E-state index contributed by atoms with van der Waals surface area (Å²) in [6, 6.07) is -0.472. The summed E-state index contributed by atoms with van der Waals surface area (Å²) in [6.07, 6.45) is 5.35. The molecule has 1 unspecified atom stereocenters. The summed E-state index contributed by atoms with van der Waals surface area (Å²) in [5, 5.41) is 8.95. The Morgan fingerprint density at radius 2 is 2.43 bits per heavy atom. The molecule has 0 aliphatic heterocycles. The summed E-state index contributed by atoms with van der Waals surface area (Å²) >= 11 is 0. The Bertz CT molecular complexity index is 451. The summed E-state index contributed by atoms with van der Waals surface area (Å²) in [7, 11) is 0. The molecule has 2 aromatic heterocycles. The first-order valence-electron chi connectivity index (χ1n) is 4.39. The topological polar surface area (TPSA) is 76.4 Å². The standard InChI is InChI=1S/C9H12N4O/c1-6-4-13-3-2-11-8(7(10)5-14)9(13)12-6/h2-4,7,14H,5,10H2,1H3. The highest BCUT2D eigenvalue weighted by Crippen LogP contribution is 2.13. The first-order valence-corrected chi connectivity index (χ1v) is 4.39. The van der Waals surface area contributed by atoms with Gasteiger partial charge in [0.2, 0.25) is 0 Å². The molecule has 5 nitrogen and oxygen atoms in total. The van der Waals surface area contributed by atoms with Gasteiger partial charge >= 0.3 is 0 Å². The number of imidazole rings is 1. The predicted molar refractivity (Wildman–Crippen MR) is 51.7 cm³/mol. The van der Waals surface area contributed by atoms with Crippen LogP contribution in [0, 0.1) is 6.92 Å². The van der Waals surface area contributed by atoms with Crippen molar-refractivity contribution in [1.29, 1.82) is 0 Å². The van der Waals surface area contributed by atoms with Crippen LogP contribution in [0.5, 0.6) is 0 Å². The summed E-state index contributed by atoms with van der Waals surface area (Å²) < 4.78 is 1.85. The summed E-state index contributed by atoms with van der Waals surface area (Å²) in [6.45, 7) is 1.78. The fraction of sp³-hybridized carbons (Fsp3) is 0.333. The third kappa shape index (κ3) is 1.36. The summed E-state index contributed by atoms with van der Waals surface area (Å²) in [4.78, 5) is 8.41. The lowest BCUT2D eigenvalue weighted by Crippen LogP contribution is -2.17. The normalized spacial score (nSPS) is 13.4. The SMILES string of the molecule is Cc1cn2ccnc(C(N)CO)c2n1. The minimum Gasteiger partial charge on any atom is -0.394 e. The van der Waals surface area contributed by atoms with Crippen molar-refractivity contribution in [1.82, 2.24) is 14.4 Å². The second-order valence-corrected chi connectivity index (χ2v) is 3.21. The van der Waals surface area contributed by atoms with Gasteiger partial charge < -0.3 is 15.2 Å². The lowest BCUT2D eigenvalue weighted by Gasteiger charge is -2.07. The number of fused-ring (bicyclic) bond motifs is 1. The van der Waals surface area contributed by atoms with E-state index in [1.54, 1.807) is 6.20 Å². The molecule has 0 amide bonds. The molecule has 0 aromatic carbocycles. The minimum atomic E-state index is -0.472. The smallest absolute Gasteiger partial charge is 0.160 e. The van der Waals surface area contributed by atoms with Crippen molar-refractivity contribution < 1.29 is 5.11 Å². The Morgan fingerprint density at radius 3 is 3.14 bits per heavy atom. The van der Waals surface area contributed by atoms with Crippen LogP contribution in [0.25, 0.3) is 5.65 Å². The molecule has 0 radical (unpaired) electrons. The molecule has 0 fully saturated rings. The highest BCUT2D eigenvalue weighted by molar-refractivity contribution is 5.46. The van der Waals surface area contributed by atoms with Gasteiger partial charge in [0.1, 0.15) is 5.69 Å². The number of rotatable bonds is 2. The third-order valence-corrected chi connectivity index (χ3v) is 2.07. The van der Waals surface area contributed by atoms with Gasteiger partial charge in [-0.15, -0.1) is 0 Å². The van der Waals surface area contributed by atoms with Crippen LogP contribution < -0.4 is 5.73 Å². The molecule has 0 aliphatic rings. The number of hydrogen-bond acceptors (Lipinski definition) is 4. The van der Waals surface area contributed by atoms with E-state index in [1.807, 2.05) is 23.7 Å². The molecule has 0 aliphatic carbocycles. The van der Waals surface area contributed by atoms with Crippen molar-refractivity contribution in [2.45, 2.75) is 13.0 Å². The zero-order chi connectivity index (χ0) is 10.1. The molecule has 2 rings (SSSR count). The molecule has 0 bridgehead atoms. The molecule has 1 atom stereocenters. The van der Waals surface area contributed by atoms with Crippen LogP contribution in [-0.2, 0) is 0 Å². The van der Waals surface area contributed by atoms with Gasteiger partial charge in [-0.05, 0) is 6.92 Å². The Labute approximate surface area is 81.2 Å². The van der Waals surface area contributed by atoms with Crippen molar-refractivity contribution in [2.75, 3.05) is 6.61 Å². The first kappa shape index (κ1) is 9.11. The number of hydrogen-bond donors (Lipinski definition) is 2. The van der Waals surface area contributed by atoms with Gasteiger partial charge in [0.15, 0.2) is 5.65 Å². The zero-order valence-electron chi connectivity index (χ0n) is 7.88. The number of aromatic nitrogens is 3. The molecular weight excluding hydrogens is 180 g/mol. The van der Waals surface area contributed by atoms with Gasteiger partial charge in [0.25, 0.3) is 0 Å². The van der Waals surface area contributed by atoms with Crippen LogP contribution in [-0.4, -0.2) is 26.1 Å². The molecule has 5 heteroatoms. The molecule has 14 heavy (non-hydrogen) atoms.